The molecular formula is C24H45NO4Si. The number of imide groups is 1. The Balaban J connectivity index is 2.29. The summed E-state index contributed by atoms with van der Waals surface area (Å²) < 4.78 is 12.4. The molecule has 0 spiro atoms. The molecule has 0 aromatic heterocycles. The number of carbonyl (C=O) groups excluding carboxylic acids is 2. The third kappa shape index (κ3) is 5.29. The minimum Gasteiger partial charge on any atom is -0.443 e. The normalized spacial score (nSPS) is 24.0. The molecule has 1 saturated carbocycles. The van der Waals surface area contributed by atoms with Gasteiger partial charge in [-0.3, -0.25) is 4.79 Å². The van der Waals surface area contributed by atoms with Crippen molar-refractivity contribution in [3.63, 3.8) is 0 Å². The molecule has 2 rings (SSSR count). The van der Waals surface area contributed by atoms with E-state index in [9.17, 15) is 9.59 Å². The van der Waals surface area contributed by atoms with Gasteiger partial charge in [0.2, 0.25) is 8.32 Å². The van der Waals surface area contributed by atoms with Crippen LogP contribution in [-0.2, 0) is 14.0 Å². The van der Waals surface area contributed by atoms with Crippen LogP contribution in [-0.4, -0.2) is 43.0 Å². The van der Waals surface area contributed by atoms with E-state index in [-0.39, 0.29) is 11.9 Å². The third-order valence-electron chi connectivity index (χ3n) is 7.09. The molecule has 0 aromatic carbocycles. The summed E-state index contributed by atoms with van der Waals surface area (Å²) in [7, 11) is -2.22. The first-order valence-electron chi connectivity index (χ1n) is 12.0. The molecule has 0 aromatic rings. The number of β-lactam (4-membered cyclic amide) rings is 1. The predicted octanol–water partition coefficient (Wildman–Crippen LogP) is 6.66. The van der Waals surface area contributed by atoms with Crippen molar-refractivity contribution in [3.8, 4) is 0 Å². The molecule has 0 unspecified atom stereocenters. The van der Waals surface area contributed by atoms with E-state index in [1.807, 2.05) is 20.8 Å². The maximum atomic E-state index is 13.2. The van der Waals surface area contributed by atoms with Crippen molar-refractivity contribution < 1.29 is 18.8 Å². The summed E-state index contributed by atoms with van der Waals surface area (Å²) in [6.45, 7) is 18.9. The van der Waals surface area contributed by atoms with Crippen LogP contribution in [0.3, 0.4) is 0 Å². The summed E-state index contributed by atoms with van der Waals surface area (Å²) in [4.78, 5) is 27.4. The molecule has 1 heterocycles. The second kappa shape index (κ2) is 9.72. The van der Waals surface area contributed by atoms with Gasteiger partial charge >= 0.3 is 6.09 Å². The van der Waals surface area contributed by atoms with Crippen LogP contribution in [0.5, 0.6) is 0 Å². The lowest BCUT2D eigenvalue weighted by Crippen LogP contribution is -2.71. The summed E-state index contributed by atoms with van der Waals surface area (Å²) in [5.41, 5.74) is 0.578. The quantitative estimate of drug-likeness (QED) is 0.328. The van der Waals surface area contributed by atoms with Crippen LogP contribution in [0.15, 0.2) is 0 Å². The average molecular weight is 440 g/mol. The van der Waals surface area contributed by atoms with Gasteiger partial charge in [-0.05, 0) is 49.7 Å². The molecule has 5 nitrogen and oxygen atoms in total. The number of nitrogens with zero attached hydrogens (tertiary/aromatic N) is 1. The lowest BCUT2D eigenvalue weighted by molar-refractivity contribution is -0.163. The van der Waals surface area contributed by atoms with E-state index < -0.39 is 26.1 Å². The Morgan fingerprint density at radius 1 is 1.00 bits per heavy atom. The largest absolute Gasteiger partial charge is 0.443 e. The van der Waals surface area contributed by atoms with E-state index in [0.717, 1.165) is 6.42 Å². The number of likely N-dealkylation sites (tertiary alicyclic amines) is 1. The van der Waals surface area contributed by atoms with Gasteiger partial charge in [-0.25, -0.2) is 9.69 Å². The van der Waals surface area contributed by atoms with Crippen LogP contribution in [0.2, 0.25) is 16.6 Å². The fourth-order valence-electron chi connectivity index (χ4n) is 5.81. The molecular weight excluding hydrogens is 394 g/mol. The summed E-state index contributed by atoms with van der Waals surface area (Å²) >= 11 is 0. The summed E-state index contributed by atoms with van der Waals surface area (Å²) in [6.07, 6.45) is 5.96. The fourth-order valence-corrected chi connectivity index (χ4v) is 11.3. The van der Waals surface area contributed by atoms with Crippen LogP contribution < -0.4 is 0 Å². The molecule has 1 aliphatic carbocycles. The average Bonchev–Trinajstić information content (AvgIpc) is 2.60. The molecule has 1 saturated heterocycles. The molecule has 30 heavy (non-hydrogen) atoms. The lowest BCUT2D eigenvalue weighted by atomic mass is 9.81. The standard InChI is InChI=1S/C24H45NO4Si/c1-16(2)30(17(3)4,18(5)6)29-21-20(15-19-13-11-10-12-14-19)25(22(21)26)23(27)28-24(7,8)9/h16-21H,10-15H2,1-9H3/t20-,21+/m0/s1. The van der Waals surface area contributed by atoms with Gasteiger partial charge in [0, 0.05) is 0 Å². The topological polar surface area (TPSA) is 55.8 Å². The van der Waals surface area contributed by atoms with Crippen LogP contribution in [0.4, 0.5) is 4.79 Å². The molecule has 174 valence electrons. The predicted molar refractivity (Wildman–Crippen MR) is 124 cm³/mol. The number of hydrogen-bond donors (Lipinski definition) is 0. The zero-order valence-electron chi connectivity index (χ0n) is 20.8. The van der Waals surface area contributed by atoms with Crippen LogP contribution in [0, 0.1) is 5.92 Å². The highest BCUT2D eigenvalue weighted by atomic mass is 28.4. The van der Waals surface area contributed by atoms with Crippen molar-refractivity contribution in [2.75, 3.05) is 0 Å². The smallest absolute Gasteiger partial charge is 0.417 e. The number of hydrogen-bond acceptors (Lipinski definition) is 4. The molecule has 6 heteroatoms. The Kier molecular flexibility index (Phi) is 8.22. The highest BCUT2D eigenvalue weighted by molar-refractivity contribution is 6.77. The molecule has 0 N–H and O–H groups in total. The first-order chi connectivity index (χ1) is 13.8. The van der Waals surface area contributed by atoms with Crippen molar-refractivity contribution in [2.24, 2.45) is 5.92 Å². The van der Waals surface area contributed by atoms with Gasteiger partial charge in [-0.15, -0.1) is 0 Å². The van der Waals surface area contributed by atoms with Crippen LogP contribution >= 0.6 is 0 Å². The first kappa shape index (κ1) is 25.4. The molecule has 2 atom stereocenters. The molecule has 2 amide bonds. The van der Waals surface area contributed by atoms with E-state index in [1.54, 1.807) is 0 Å². The highest BCUT2D eigenvalue weighted by Crippen LogP contribution is 2.46. The Labute approximate surface area is 185 Å². The second-order valence-electron chi connectivity index (χ2n) is 11.4. The SMILES string of the molecule is CC(C)[Si](O[C@H]1C(=O)N(C(=O)OC(C)(C)C)[C@H]1CC1CCCCC1)(C(C)C)C(C)C. The molecule has 2 fully saturated rings. The van der Waals surface area contributed by atoms with E-state index in [1.165, 1.54) is 37.0 Å². The van der Waals surface area contributed by atoms with E-state index in [0.29, 0.717) is 22.5 Å². The van der Waals surface area contributed by atoms with Gasteiger partial charge in [0.25, 0.3) is 5.91 Å². The number of carbonyl (C=O) groups is 2. The lowest BCUT2D eigenvalue weighted by Gasteiger charge is -2.52. The Bertz CT molecular complexity index is 583. The Morgan fingerprint density at radius 3 is 1.93 bits per heavy atom. The summed E-state index contributed by atoms with van der Waals surface area (Å²) in [5, 5.41) is 0. The van der Waals surface area contributed by atoms with Gasteiger partial charge in [-0.2, -0.15) is 0 Å². The maximum absolute atomic E-state index is 13.2. The van der Waals surface area contributed by atoms with Gasteiger partial charge < -0.3 is 9.16 Å². The van der Waals surface area contributed by atoms with Gasteiger partial charge in [0.05, 0.1) is 6.04 Å². The Morgan fingerprint density at radius 2 is 1.50 bits per heavy atom. The molecule has 2 aliphatic rings. The second-order valence-corrected chi connectivity index (χ2v) is 16.8. The summed E-state index contributed by atoms with van der Waals surface area (Å²) in [5.74, 6) is 0.352. The molecule has 0 radical (unpaired) electrons. The fraction of sp³-hybridized carbons (Fsp3) is 0.917. The van der Waals surface area contributed by atoms with Crippen molar-refractivity contribution in [3.05, 3.63) is 0 Å². The van der Waals surface area contributed by atoms with Gasteiger partial charge in [-0.1, -0.05) is 73.6 Å². The minimum absolute atomic E-state index is 0.196. The molecule has 1 aliphatic heterocycles. The van der Waals surface area contributed by atoms with Crippen molar-refractivity contribution in [1.82, 2.24) is 4.90 Å². The minimum atomic E-state index is -2.22. The first-order valence-corrected chi connectivity index (χ1v) is 14.2. The van der Waals surface area contributed by atoms with Crippen LogP contribution in [0.25, 0.3) is 0 Å². The van der Waals surface area contributed by atoms with E-state index in [2.05, 4.69) is 41.5 Å². The number of rotatable bonds is 7. The summed E-state index contributed by atoms with van der Waals surface area (Å²) in [6, 6.07) is -0.196. The highest BCUT2D eigenvalue weighted by Gasteiger charge is 2.58. The van der Waals surface area contributed by atoms with E-state index >= 15 is 0 Å². The van der Waals surface area contributed by atoms with Gasteiger partial charge in [0.15, 0.2) is 0 Å². The van der Waals surface area contributed by atoms with Crippen LogP contribution in [0.1, 0.15) is 101 Å². The Hall–Kier alpha value is -0.883. The third-order valence-corrected chi connectivity index (χ3v) is 13.2. The monoisotopic (exact) mass is 439 g/mol. The van der Waals surface area contributed by atoms with Crippen molar-refractivity contribution in [2.45, 2.75) is 135 Å². The van der Waals surface area contributed by atoms with Crippen molar-refractivity contribution in [1.29, 1.82) is 0 Å². The van der Waals surface area contributed by atoms with E-state index in [4.69, 9.17) is 9.16 Å². The number of amides is 2. The maximum Gasteiger partial charge on any atom is 0.417 e. The zero-order valence-corrected chi connectivity index (χ0v) is 21.8. The van der Waals surface area contributed by atoms with Gasteiger partial charge in [0.1, 0.15) is 11.7 Å². The van der Waals surface area contributed by atoms with Crippen molar-refractivity contribution >= 4 is 20.3 Å². The zero-order chi connectivity index (χ0) is 22.9. The number of ether oxygens (including phenoxy) is 1. The molecule has 0 bridgehead atoms.